The van der Waals surface area contributed by atoms with E-state index in [-0.39, 0.29) is 18.6 Å². The zero-order valence-corrected chi connectivity index (χ0v) is 19.3. The molecule has 0 radical (unpaired) electrons. The summed E-state index contributed by atoms with van der Waals surface area (Å²) in [5.41, 5.74) is 4.90. The SMILES string of the molecule is CCc1cc(C(=O)N(C)CCO)c(C)nc1N1CCC(Oc2ccc3c(c2)COC3)CC1. The van der Waals surface area contributed by atoms with Gasteiger partial charge in [0.1, 0.15) is 17.7 Å². The van der Waals surface area contributed by atoms with E-state index in [1.54, 1.807) is 7.05 Å². The van der Waals surface area contributed by atoms with Crippen LogP contribution < -0.4 is 9.64 Å². The van der Waals surface area contributed by atoms with Crippen LogP contribution in [0.5, 0.6) is 5.75 Å². The molecule has 0 aliphatic carbocycles. The Morgan fingerprint density at radius 1 is 1.25 bits per heavy atom. The van der Waals surface area contributed by atoms with E-state index in [2.05, 4.69) is 24.0 Å². The third kappa shape index (κ3) is 4.74. The van der Waals surface area contributed by atoms with Crippen LogP contribution in [0.1, 0.15) is 52.5 Å². The van der Waals surface area contributed by atoms with Gasteiger partial charge in [0, 0.05) is 39.5 Å². The molecule has 1 saturated heterocycles. The Bertz CT molecular complexity index is 970. The molecule has 2 aliphatic heterocycles. The number of aliphatic hydroxyl groups is 1. The molecule has 0 bridgehead atoms. The summed E-state index contributed by atoms with van der Waals surface area (Å²) < 4.78 is 11.8. The van der Waals surface area contributed by atoms with E-state index in [1.165, 1.54) is 16.0 Å². The van der Waals surface area contributed by atoms with Crippen molar-refractivity contribution in [2.45, 2.75) is 52.4 Å². The van der Waals surface area contributed by atoms with Crippen molar-refractivity contribution in [3.05, 3.63) is 52.2 Å². The maximum absolute atomic E-state index is 12.7. The van der Waals surface area contributed by atoms with E-state index in [0.717, 1.165) is 55.2 Å². The molecule has 1 aromatic carbocycles. The second-order valence-electron chi connectivity index (χ2n) is 8.64. The van der Waals surface area contributed by atoms with Gasteiger partial charge < -0.3 is 24.4 Å². The van der Waals surface area contributed by atoms with E-state index in [0.29, 0.717) is 25.3 Å². The highest BCUT2D eigenvalue weighted by atomic mass is 16.5. The number of aromatic nitrogens is 1. The number of benzene rings is 1. The maximum atomic E-state index is 12.7. The van der Waals surface area contributed by atoms with Crippen LogP contribution in [0.2, 0.25) is 0 Å². The first-order valence-electron chi connectivity index (χ1n) is 11.5. The zero-order chi connectivity index (χ0) is 22.7. The molecule has 3 heterocycles. The first-order chi connectivity index (χ1) is 15.5. The van der Waals surface area contributed by atoms with Crippen LogP contribution in [0.4, 0.5) is 5.82 Å². The molecule has 7 heteroatoms. The van der Waals surface area contributed by atoms with Gasteiger partial charge in [-0.1, -0.05) is 13.0 Å². The molecule has 2 aliphatic rings. The number of pyridine rings is 1. The van der Waals surface area contributed by atoms with Crippen LogP contribution in [-0.2, 0) is 24.4 Å². The topological polar surface area (TPSA) is 75.1 Å². The molecule has 172 valence electrons. The third-order valence-corrected chi connectivity index (χ3v) is 6.40. The van der Waals surface area contributed by atoms with Crippen molar-refractivity contribution in [2.75, 3.05) is 38.2 Å². The van der Waals surface area contributed by atoms with Crippen LogP contribution in [0.25, 0.3) is 0 Å². The molecule has 1 N–H and O–H groups in total. The van der Waals surface area contributed by atoms with E-state index >= 15 is 0 Å². The molecule has 4 rings (SSSR count). The summed E-state index contributed by atoms with van der Waals surface area (Å²) in [7, 11) is 1.70. The number of likely N-dealkylation sites (N-methyl/N-ethyl adjacent to an activating group) is 1. The quantitative estimate of drug-likeness (QED) is 0.715. The average molecular weight is 440 g/mol. The molecular weight excluding hydrogens is 406 g/mol. The van der Waals surface area contributed by atoms with Gasteiger partial charge in [-0.15, -0.1) is 0 Å². The number of aryl methyl sites for hydroxylation is 2. The van der Waals surface area contributed by atoms with Gasteiger partial charge in [0.2, 0.25) is 0 Å². The number of anilines is 1. The molecule has 1 fully saturated rings. The Morgan fingerprint density at radius 3 is 2.72 bits per heavy atom. The lowest BCUT2D eigenvalue weighted by atomic mass is 10.0. The summed E-state index contributed by atoms with van der Waals surface area (Å²) in [4.78, 5) is 21.4. The van der Waals surface area contributed by atoms with E-state index in [1.807, 2.05) is 19.1 Å². The Labute approximate surface area is 190 Å². The van der Waals surface area contributed by atoms with Crippen LogP contribution in [0.3, 0.4) is 0 Å². The predicted octanol–water partition coefficient (Wildman–Crippen LogP) is 3.09. The van der Waals surface area contributed by atoms with Crippen molar-refractivity contribution in [3.8, 4) is 5.75 Å². The van der Waals surface area contributed by atoms with Crippen LogP contribution in [0, 0.1) is 6.92 Å². The van der Waals surface area contributed by atoms with Crippen LogP contribution in [0.15, 0.2) is 24.3 Å². The van der Waals surface area contributed by atoms with Gasteiger partial charge in [-0.25, -0.2) is 4.98 Å². The summed E-state index contributed by atoms with van der Waals surface area (Å²) in [6, 6.07) is 8.23. The number of amides is 1. The molecule has 0 spiro atoms. The second kappa shape index (κ2) is 9.88. The van der Waals surface area contributed by atoms with Gasteiger partial charge in [-0.3, -0.25) is 4.79 Å². The van der Waals surface area contributed by atoms with Crippen LogP contribution >= 0.6 is 0 Å². The summed E-state index contributed by atoms with van der Waals surface area (Å²) >= 11 is 0. The van der Waals surface area contributed by atoms with Crippen molar-refractivity contribution >= 4 is 11.7 Å². The lowest BCUT2D eigenvalue weighted by Gasteiger charge is -2.34. The molecule has 0 saturated carbocycles. The minimum atomic E-state index is -0.0999. The molecule has 0 atom stereocenters. The smallest absolute Gasteiger partial charge is 0.255 e. The molecule has 2 aromatic rings. The van der Waals surface area contributed by atoms with Gasteiger partial charge in [-0.2, -0.15) is 0 Å². The number of nitrogens with zero attached hydrogens (tertiary/aromatic N) is 3. The lowest BCUT2D eigenvalue weighted by Crippen LogP contribution is -2.39. The van der Waals surface area contributed by atoms with Gasteiger partial charge in [0.15, 0.2) is 0 Å². The van der Waals surface area contributed by atoms with Crippen molar-refractivity contribution in [1.29, 1.82) is 0 Å². The number of carbonyl (C=O) groups is 1. The lowest BCUT2D eigenvalue weighted by molar-refractivity contribution is 0.0765. The molecule has 7 nitrogen and oxygen atoms in total. The highest BCUT2D eigenvalue weighted by Crippen LogP contribution is 2.29. The fourth-order valence-electron chi connectivity index (χ4n) is 4.44. The molecule has 1 aromatic heterocycles. The molecule has 32 heavy (non-hydrogen) atoms. The highest BCUT2D eigenvalue weighted by Gasteiger charge is 2.25. The fourth-order valence-corrected chi connectivity index (χ4v) is 4.44. The summed E-state index contributed by atoms with van der Waals surface area (Å²) in [5, 5.41) is 9.14. The summed E-state index contributed by atoms with van der Waals surface area (Å²) in [5.74, 6) is 1.79. The zero-order valence-electron chi connectivity index (χ0n) is 19.3. The Balaban J connectivity index is 1.42. The predicted molar refractivity (Wildman–Crippen MR) is 123 cm³/mol. The van der Waals surface area contributed by atoms with E-state index < -0.39 is 0 Å². The average Bonchev–Trinajstić information content (AvgIpc) is 3.27. The second-order valence-corrected chi connectivity index (χ2v) is 8.64. The number of fused-ring (bicyclic) bond motifs is 1. The number of carbonyl (C=O) groups excluding carboxylic acids is 1. The Kier molecular flexibility index (Phi) is 6.96. The first kappa shape index (κ1) is 22.6. The number of hydrogen-bond donors (Lipinski definition) is 1. The van der Waals surface area contributed by atoms with Crippen LogP contribution in [-0.4, -0.2) is 60.3 Å². The van der Waals surface area contributed by atoms with Gasteiger partial charge in [0.25, 0.3) is 5.91 Å². The molecular formula is C25H33N3O4. The van der Waals surface area contributed by atoms with Gasteiger partial charge in [0.05, 0.1) is 31.1 Å². The number of piperidine rings is 1. The summed E-state index contributed by atoms with van der Waals surface area (Å²) in [6.45, 7) is 7.35. The maximum Gasteiger partial charge on any atom is 0.255 e. The number of aliphatic hydroxyl groups excluding tert-OH is 1. The van der Waals surface area contributed by atoms with Crippen molar-refractivity contribution in [1.82, 2.24) is 9.88 Å². The third-order valence-electron chi connectivity index (χ3n) is 6.40. The monoisotopic (exact) mass is 439 g/mol. The minimum absolute atomic E-state index is 0.0519. The van der Waals surface area contributed by atoms with Crippen molar-refractivity contribution in [3.63, 3.8) is 0 Å². The summed E-state index contributed by atoms with van der Waals surface area (Å²) in [6.07, 6.45) is 2.85. The number of rotatable bonds is 7. The van der Waals surface area contributed by atoms with Gasteiger partial charge >= 0.3 is 0 Å². The molecule has 1 amide bonds. The van der Waals surface area contributed by atoms with Gasteiger partial charge in [-0.05, 0) is 48.2 Å². The number of ether oxygens (including phenoxy) is 2. The van der Waals surface area contributed by atoms with Crippen molar-refractivity contribution in [2.24, 2.45) is 0 Å². The van der Waals surface area contributed by atoms with Crippen molar-refractivity contribution < 1.29 is 19.4 Å². The Hall–Kier alpha value is -2.64. The first-order valence-corrected chi connectivity index (χ1v) is 11.5. The normalized spacial score (nSPS) is 16.2. The largest absolute Gasteiger partial charge is 0.490 e. The Morgan fingerprint density at radius 2 is 2.00 bits per heavy atom. The fraction of sp³-hybridized carbons (Fsp3) is 0.520. The number of hydrogen-bond acceptors (Lipinski definition) is 6. The highest BCUT2D eigenvalue weighted by molar-refractivity contribution is 5.95. The van der Waals surface area contributed by atoms with E-state index in [9.17, 15) is 4.79 Å². The minimum Gasteiger partial charge on any atom is -0.490 e. The van der Waals surface area contributed by atoms with E-state index in [4.69, 9.17) is 19.6 Å². The molecule has 0 unspecified atom stereocenters. The standard InChI is InChI=1S/C25H33N3O4/c1-4-18-14-23(25(30)27(3)11-12-29)17(2)26-24(18)28-9-7-21(8-10-28)32-22-6-5-19-15-31-16-20(19)13-22/h5-6,13-14,21,29H,4,7-12,15-16H2,1-3H3.